The van der Waals surface area contributed by atoms with Crippen molar-refractivity contribution in [3.05, 3.63) is 41.2 Å². The lowest BCUT2D eigenvalue weighted by Gasteiger charge is -2.25. The van der Waals surface area contributed by atoms with E-state index in [1.54, 1.807) is 12.3 Å². The highest BCUT2D eigenvalue weighted by Crippen LogP contribution is 2.38. The number of nitrogens with zero attached hydrogens (tertiary/aromatic N) is 6. The number of carbonyl (C=O) groups excluding carboxylic acids is 1. The third kappa shape index (κ3) is 3.79. The molecule has 30 heavy (non-hydrogen) atoms. The zero-order valence-electron chi connectivity index (χ0n) is 17.8. The highest BCUT2D eigenvalue weighted by atomic mass is 16.5. The molecule has 4 rings (SSSR count). The molecule has 0 aromatic carbocycles. The summed E-state index contributed by atoms with van der Waals surface area (Å²) in [5.74, 6) is 1.76. The fourth-order valence-electron chi connectivity index (χ4n) is 3.75. The molecule has 0 unspecified atom stereocenters. The third-order valence-electron chi connectivity index (χ3n) is 5.20. The Kier molecular flexibility index (Phi) is 5.52. The summed E-state index contributed by atoms with van der Waals surface area (Å²) in [5, 5.41) is 8.00. The first kappa shape index (κ1) is 20.1. The van der Waals surface area contributed by atoms with Crippen LogP contribution in [0.25, 0.3) is 11.3 Å². The van der Waals surface area contributed by atoms with Gasteiger partial charge < -0.3 is 18.8 Å². The number of aromatic nitrogens is 4. The summed E-state index contributed by atoms with van der Waals surface area (Å²) < 4.78 is 10.8. The molecule has 0 spiro atoms. The van der Waals surface area contributed by atoms with Gasteiger partial charge in [-0.3, -0.25) is 4.79 Å². The van der Waals surface area contributed by atoms with Crippen LogP contribution in [0.4, 0.5) is 5.95 Å². The Bertz CT molecular complexity index is 1040. The van der Waals surface area contributed by atoms with Crippen LogP contribution in [0.15, 0.2) is 27.4 Å². The smallest absolute Gasteiger partial charge is 0.276 e. The van der Waals surface area contributed by atoms with Gasteiger partial charge in [0.25, 0.3) is 5.91 Å². The Morgan fingerprint density at radius 3 is 2.80 bits per heavy atom. The lowest BCUT2D eigenvalue weighted by molar-refractivity contribution is 0.0722. The van der Waals surface area contributed by atoms with Gasteiger partial charge in [0.2, 0.25) is 5.95 Å². The molecule has 1 atom stereocenters. The van der Waals surface area contributed by atoms with Gasteiger partial charge in [0.15, 0.2) is 11.5 Å². The number of carbonyl (C=O) groups is 1. The second-order valence-electron chi connectivity index (χ2n) is 7.78. The molecule has 3 aromatic heterocycles. The Hall–Kier alpha value is -3.23. The van der Waals surface area contributed by atoms with Crippen LogP contribution < -0.4 is 4.90 Å². The standard InChI is InChI=1S/C21H26N6O3/c1-5-7-14-11-16(25-29-14)20(28)27-9-6-8-17(27)19-15(18-10-13(2)24-30-18)12-22-21(23-19)26(3)4/h10-12,17H,5-9H2,1-4H3/t17-/m0/s1. The van der Waals surface area contributed by atoms with E-state index in [1.807, 2.05) is 36.9 Å². The van der Waals surface area contributed by atoms with Gasteiger partial charge in [-0.05, 0) is 26.2 Å². The van der Waals surface area contributed by atoms with Crippen molar-refractivity contribution in [1.29, 1.82) is 0 Å². The van der Waals surface area contributed by atoms with E-state index >= 15 is 0 Å². The molecule has 0 aliphatic carbocycles. The van der Waals surface area contributed by atoms with Gasteiger partial charge in [0, 0.05) is 45.4 Å². The summed E-state index contributed by atoms with van der Waals surface area (Å²) in [4.78, 5) is 26.1. The maximum Gasteiger partial charge on any atom is 0.276 e. The van der Waals surface area contributed by atoms with E-state index in [-0.39, 0.29) is 11.9 Å². The van der Waals surface area contributed by atoms with Crippen molar-refractivity contribution in [3.8, 4) is 11.3 Å². The number of amides is 1. The van der Waals surface area contributed by atoms with Crippen molar-refractivity contribution >= 4 is 11.9 Å². The van der Waals surface area contributed by atoms with Crippen LogP contribution in [0.3, 0.4) is 0 Å². The Morgan fingerprint density at radius 2 is 2.10 bits per heavy atom. The van der Waals surface area contributed by atoms with Gasteiger partial charge >= 0.3 is 0 Å². The Labute approximate surface area is 175 Å². The predicted molar refractivity (Wildman–Crippen MR) is 110 cm³/mol. The number of likely N-dealkylation sites (tertiary alicyclic amines) is 1. The van der Waals surface area contributed by atoms with Crippen LogP contribution in [0.1, 0.15) is 59.9 Å². The summed E-state index contributed by atoms with van der Waals surface area (Å²) in [6, 6.07) is 3.39. The Morgan fingerprint density at radius 1 is 1.27 bits per heavy atom. The van der Waals surface area contributed by atoms with E-state index in [0.717, 1.165) is 48.4 Å². The van der Waals surface area contributed by atoms with Gasteiger partial charge in [0.05, 0.1) is 23.0 Å². The SMILES string of the molecule is CCCc1cc(C(=O)N2CCC[C@H]2c2nc(N(C)C)ncc2-c2cc(C)no2)no1. The molecular weight excluding hydrogens is 384 g/mol. The van der Waals surface area contributed by atoms with Crippen LogP contribution in [0.2, 0.25) is 0 Å². The second kappa shape index (κ2) is 8.25. The van der Waals surface area contributed by atoms with Crippen LogP contribution in [0, 0.1) is 6.92 Å². The highest BCUT2D eigenvalue weighted by Gasteiger charge is 2.35. The number of aryl methyl sites for hydroxylation is 2. The van der Waals surface area contributed by atoms with Crippen molar-refractivity contribution in [1.82, 2.24) is 25.2 Å². The summed E-state index contributed by atoms with van der Waals surface area (Å²) in [7, 11) is 3.78. The second-order valence-corrected chi connectivity index (χ2v) is 7.78. The molecule has 158 valence electrons. The normalized spacial score (nSPS) is 16.3. The van der Waals surface area contributed by atoms with Gasteiger partial charge in [-0.25, -0.2) is 9.97 Å². The van der Waals surface area contributed by atoms with Gasteiger partial charge in [-0.2, -0.15) is 0 Å². The Balaban J connectivity index is 1.71. The van der Waals surface area contributed by atoms with Crippen LogP contribution in [0.5, 0.6) is 0 Å². The predicted octanol–water partition coefficient (Wildman–Crippen LogP) is 3.42. The van der Waals surface area contributed by atoms with Crippen molar-refractivity contribution in [3.63, 3.8) is 0 Å². The molecule has 0 saturated carbocycles. The minimum Gasteiger partial charge on any atom is -0.361 e. The van der Waals surface area contributed by atoms with Crippen molar-refractivity contribution in [2.45, 2.75) is 45.6 Å². The largest absolute Gasteiger partial charge is 0.361 e. The van der Waals surface area contributed by atoms with E-state index in [2.05, 4.69) is 22.2 Å². The highest BCUT2D eigenvalue weighted by molar-refractivity contribution is 5.92. The molecule has 4 heterocycles. The lowest BCUT2D eigenvalue weighted by atomic mass is 10.0. The third-order valence-corrected chi connectivity index (χ3v) is 5.20. The van der Waals surface area contributed by atoms with E-state index < -0.39 is 0 Å². The molecule has 1 aliphatic heterocycles. The maximum atomic E-state index is 13.2. The van der Waals surface area contributed by atoms with Gasteiger partial charge in [-0.15, -0.1) is 0 Å². The van der Waals surface area contributed by atoms with Crippen molar-refractivity contribution in [2.75, 3.05) is 25.5 Å². The van der Waals surface area contributed by atoms with Crippen LogP contribution in [-0.2, 0) is 6.42 Å². The van der Waals surface area contributed by atoms with Crippen molar-refractivity contribution < 1.29 is 13.8 Å². The molecule has 1 amide bonds. The first-order chi connectivity index (χ1) is 14.5. The van der Waals surface area contributed by atoms with E-state index in [4.69, 9.17) is 14.0 Å². The summed E-state index contributed by atoms with van der Waals surface area (Å²) >= 11 is 0. The lowest BCUT2D eigenvalue weighted by Crippen LogP contribution is -2.32. The maximum absolute atomic E-state index is 13.2. The molecule has 0 radical (unpaired) electrons. The fraction of sp³-hybridized carbons (Fsp3) is 0.476. The first-order valence-electron chi connectivity index (χ1n) is 10.2. The molecular formula is C21H26N6O3. The first-order valence-corrected chi connectivity index (χ1v) is 10.2. The topological polar surface area (TPSA) is 101 Å². The van der Waals surface area contributed by atoms with E-state index in [1.165, 1.54) is 0 Å². The van der Waals surface area contributed by atoms with Gasteiger partial charge in [0.1, 0.15) is 5.76 Å². The average Bonchev–Trinajstić information content (AvgIpc) is 3.48. The summed E-state index contributed by atoms with van der Waals surface area (Å²) in [6.45, 7) is 4.56. The van der Waals surface area contributed by atoms with Crippen LogP contribution in [-0.4, -0.2) is 51.7 Å². The monoisotopic (exact) mass is 410 g/mol. The minimum absolute atomic E-state index is 0.145. The van der Waals surface area contributed by atoms with Crippen LogP contribution >= 0.6 is 0 Å². The summed E-state index contributed by atoms with van der Waals surface area (Å²) in [5.41, 5.74) is 2.62. The zero-order valence-corrected chi connectivity index (χ0v) is 17.8. The number of anilines is 1. The number of hydrogen-bond acceptors (Lipinski definition) is 8. The summed E-state index contributed by atoms with van der Waals surface area (Å²) in [6.07, 6.45) is 5.12. The molecule has 1 aliphatic rings. The van der Waals surface area contributed by atoms with Gasteiger partial charge in [-0.1, -0.05) is 17.2 Å². The van der Waals surface area contributed by atoms with E-state index in [0.29, 0.717) is 23.9 Å². The molecule has 1 saturated heterocycles. The zero-order chi connectivity index (χ0) is 21.3. The minimum atomic E-state index is -0.203. The molecule has 0 bridgehead atoms. The number of hydrogen-bond donors (Lipinski definition) is 0. The molecule has 0 N–H and O–H groups in total. The average molecular weight is 410 g/mol. The fourth-order valence-corrected chi connectivity index (χ4v) is 3.75. The molecule has 9 nitrogen and oxygen atoms in total. The number of rotatable bonds is 6. The molecule has 9 heteroatoms. The molecule has 3 aromatic rings. The van der Waals surface area contributed by atoms with Crippen molar-refractivity contribution in [2.24, 2.45) is 0 Å². The molecule has 1 fully saturated rings. The van der Waals surface area contributed by atoms with E-state index in [9.17, 15) is 4.79 Å². The quantitative estimate of drug-likeness (QED) is 0.609.